The fourth-order valence-corrected chi connectivity index (χ4v) is 1.05. The van der Waals surface area contributed by atoms with Gasteiger partial charge in [0.05, 0.1) is 0 Å². The van der Waals surface area contributed by atoms with Crippen molar-refractivity contribution in [1.29, 1.82) is 0 Å². The van der Waals surface area contributed by atoms with Crippen molar-refractivity contribution >= 4 is 5.97 Å². The zero-order valence-electron chi connectivity index (χ0n) is 6.90. The Morgan fingerprint density at radius 1 is 1.15 bits per heavy atom. The minimum atomic E-state index is -0.900. The average molecular weight is 182 g/mol. The van der Waals surface area contributed by atoms with Crippen LogP contribution in [-0.4, -0.2) is 21.3 Å². The number of aliphatic carboxylic acids is 1. The molecule has 1 rings (SSSR count). The summed E-state index contributed by atoms with van der Waals surface area (Å²) in [6, 6.07) is 4.07. The molecule has 0 aliphatic heterocycles. The Hall–Kier alpha value is -1.71. The Morgan fingerprint density at radius 2 is 1.69 bits per heavy atom. The van der Waals surface area contributed by atoms with Crippen molar-refractivity contribution in [2.24, 2.45) is 0 Å². The maximum absolute atomic E-state index is 10.2. The first-order chi connectivity index (χ1) is 6.08. The van der Waals surface area contributed by atoms with E-state index in [-0.39, 0.29) is 17.9 Å². The molecule has 0 fully saturated rings. The van der Waals surface area contributed by atoms with Gasteiger partial charge in [0, 0.05) is 12.5 Å². The zero-order chi connectivity index (χ0) is 9.84. The van der Waals surface area contributed by atoms with Gasteiger partial charge in [0.2, 0.25) is 0 Å². The molecule has 0 saturated heterocycles. The Balaban J connectivity index is 2.71. The quantitative estimate of drug-likeness (QED) is 0.654. The highest BCUT2D eigenvalue weighted by atomic mass is 16.4. The number of hydrogen-bond acceptors (Lipinski definition) is 3. The summed E-state index contributed by atoms with van der Waals surface area (Å²) >= 11 is 0. The number of phenols is 2. The van der Waals surface area contributed by atoms with Gasteiger partial charge in [-0.3, -0.25) is 4.79 Å². The first kappa shape index (κ1) is 9.38. The summed E-state index contributed by atoms with van der Waals surface area (Å²) in [5.41, 5.74) is 0.611. The van der Waals surface area contributed by atoms with Gasteiger partial charge in [-0.15, -0.1) is 0 Å². The van der Waals surface area contributed by atoms with Gasteiger partial charge < -0.3 is 15.3 Å². The summed E-state index contributed by atoms with van der Waals surface area (Å²) < 4.78 is 0. The van der Waals surface area contributed by atoms with E-state index in [0.29, 0.717) is 12.0 Å². The molecular formula is C9H10O4. The normalized spacial score (nSPS) is 9.85. The Labute approximate surface area is 75.1 Å². The summed E-state index contributed by atoms with van der Waals surface area (Å²) in [4.78, 5) is 10.2. The lowest BCUT2D eigenvalue weighted by Crippen LogP contribution is -1.97. The topological polar surface area (TPSA) is 77.8 Å². The molecule has 0 heterocycles. The molecule has 3 N–H and O–H groups in total. The number of aromatic hydroxyl groups is 2. The van der Waals surface area contributed by atoms with Crippen LogP contribution in [0.25, 0.3) is 0 Å². The maximum Gasteiger partial charge on any atom is 0.303 e. The van der Waals surface area contributed by atoms with E-state index in [2.05, 4.69) is 0 Å². The van der Waals surface area contributed by atoms with Crippen molar-refractivity contribution in [3.63, 3.8) is 0 Å². The van der Waals surface area contributed by atoms with Crippen LogP contribution in [-0.2, 0) is 11.2 Å². The third-order valence-electron chi connectivity index (χ3n) is 1.59. The van der Waals surface area contributed by atoms with Gasteiger partial charge >= 0.3 is 5.97 Å². The van der Waals surface area contributed by atoms with E-state index in [1.807, 2.05) is 0 Å². The summed E-state index contributed by atoms with van der Waals surface area (Å²) in [6.45, 7) is 0. The molecule has 0 unspecified atom stereocenters. The van der Waals surface area contributed by atoms with E-state index >= 15 is 0 Å². The molecule has 0 amide bonds. The van der Waals surface area contributed by atoms with E-state index in [4.69, 9.17) is 15.3 Å². The number of rotatable bonds is 3. The molecule has 4 nitrogen and oxygen atoms in total. The lowest BCUT2D eigenvalue weighted by atomic mass is 10.1. The predicted octanol–water partition coefficient (Wildman–Crippen LogP) is 1.11. The van der Waals surface area contributed by atoms with Crippen LogP contribution in [0, 0.1) is 0 Å². The SMILES string of the molecule is O=C(O)CCc1cc(O)cc(O)c1. The fraction of sp³-hybridized carbons (Fsp3) is 0.222. The Morgan fingerprint density at radius 3 is 2.15 bits per heavy atom. The van der Waals surface area contributed by atoms with Crippen molar-refractivity contribution in [2.75, 3.05) is 0 Å². The van der Waals surface area contributed by atoms with Crippen LogP contribution in [0.1, 0.15) is 12.0 Å². The van der Waals surface area contributed by atoms with E-state index in [0.717, 1.165) is 0 Å². The Bertz CT molecular complexity index is 299. The molecule has 0 spiro atoms. The molecule has 0 radical (unpaired) electrons. The van der Waals surface area contributed by atoms with E-state index in [9.17, 15) is 4.79 Å². The standard InChI is InChI=1S/C9H10O4/c10-7-3-6(1-2-9(12)13)4-8(11)5-7/h3-5,10-11H,1-2H2,(H,12,13). The molecule has 0 saturated carbocycles. The van der Waals surface area contributed by atoms with Crippen LogP contribution in [0.2, 0.25) is 0 Å². The number of benzene rings is 1. The Kier molecular flexibility index (Phi) is 2.74. The van der Waals surface area contributed by atoms with Gasteiger partial charge in [-0.05, 0) is 24.1 Å². The largest absolute Gasteiger partial charge is 0.508 e. The van der Waals surface area contributed by atoms with Crippen LogP contribution in [0.4, 0.5) is 0 Å². The third kappa shape index (κ3) is 3.02. The van der Waals surface area contributed by atoms with Gasteiger partial charge in [0.15, 0.2) is 0 Å². The lowest BCUT2D eigenvalue weighted by molar-refractivity contribution is -0.136. The molecule has 0 aliphatic carbocycles. The van der Waals surface area contributed by atoms with Crippen LogP contribution in [0.5, 0.6) is 11.5 Å². The van der Waals surface area contributed by atoms with Crippen molar-refractivity contribution in [2.45, 2.75) is 12.8 Å². The summed E-state index contributed by atoms with van der Waals surface area (Å²) in [6.07, 6.45) is 0.292. The zero-order valence-corrected chi connectivity index (χ0v) is 6.90. The van der Waals surface area contributed by atoms with Crippen molar-refractivity contribution in [1.82, 2.24) is 0 Å². The first-order valence-electron chi connectivity index (χ1n) is 3.81. The number of carboxylic acids is 1. The maximum atomic E-state index is 10.2. The summed E-state index contributed by atoms with van der Waals surface area (Å²) in [5.74, 6) is -1.01. The minimum absolute atomic E-state index is 0.0110. The number of phenolic OH excluding ortho intramolecular Hbond substituents is 2. The van der Waals surface area contributed by atoms with Gasteiger partial charge in [0.25, 0.3) is 0 Å². The smallest absolute Gasteiger partial charge is 0.303 e. The van der Waals surface area contributed by atoms with Crippen LogP contribution < -0.4 is 0 Å². The van der Waals surface area contributed by atoms with Crippen LogP contribution in [0.15, 0.2) is 18.2 Å². The second-order valence-electron chi connectivity index (χ2n) is 2.75. The van der Waals surface area contributed by atoms with Gasteiger partial charge in [0.1, 0.15) is 11.5 Å². The molecular weight excluding hydrogens is 172 g/mol. The molecule has 1 aromatic carbocycles. The highest BCUT2D eigenvalue weighted by molar-refractivity contribution is 5.67. The highest BCUT2D eigenvalue weighted by Gasteiger charge is 2.02. The highest BCUT2D eigenvalue weighted by Crippen LogP contribution is 2.21. The first-order valence-corrected chi connectivity index (χ1v) is 3.81. The summed E-state index contributed by atoms with van der Waals surface area (Å²) in [7, 11) is 0. The minimum Gasteiger partial charge on any atom is -0.508 e. The van der Waals surface area contributed by atoms with Gasteiger partial charge in [-0.25, -0.2) is 0 Å². The number of carboxylic acid groups (broad SMARTS) is 1. The molecule has 4 heteroatoms. The molecule has 0 atom stereocenters. The number of carbonyl (C=O) groups is 1. The van der Waals surface area contributed by atoms with Gasteiger partial charge in [-0.2, -0.15) is 0 Å². The van der Waals surface area contributed by atoms with Crippen molar-refractivity contribution in [3.8, 4) is 11.5 Å². The van der Waals surface area contributed by atoms with Crippen LogP contribution >= 0.6 is 0 Å². The van der Waals surface area contributed by atoms with Crippen molar-refractivity contribution < 1.29 is 20.1 Å². The molecule has 0 aliphatic rings. The average Bonchev–Trinajstić information content (AvgIpc) is 1.99. The molecule has 70 valence electrons. The molecule has 13 heavy (non-hydrogen) atoms. The van der Waals surface area contributed by atoms with E-state index < -0.39 is 5.97 Å². The fourth-order valence-electron chi connectivity index (χ4n) is 1.05. The lowest BCUT2D eigenvalue weighted by Gasteiger charge is -2.00. The van der Waals surface area contributed by atoms with E-state index in [1.165, 1.54) is 18.2 Å². The predicted molar refractivity (Wildman–Crippen MR) is 45.7 cm³/mol. The number of hydrogen-bond donors (Lipinski definition) is 3. The van der Waals surface area contributed by atoms with Gasteiger partial charge in [-0.1, -0.05) is 0 Å². The molecule has 1 aromatic rings. The summed E-state index contributed by atoms with van der Waals surface area (Å²) in [5, 5.41) is 26.5. The van der Waals surface area contributed by atoms with Crippen LogP contribution in [0.3, 0.4) is 0 Å². The van der Waals surface area contributed by atoms with E-state index in [1.54, 1.807) is 0 Å². The monoisotopic (exact) mass is 182 g/mol. The van der Waals surface area contributed by atoms with Crippen molar-refractivity contribution in [3.05, 3.63) is 23.8 Å². The molecule has 0 aromatic heterocycles. The number of aryl methyl sites for hydroxylation is 1. The second kappa shape index (κ2) is 3.80. The third-order valence-corrected chi connectivity index (χ3v) is 1.59. The second-order valence-corrected chi connectivity index (χ2v) is 2.75. The molecule has 0 bridgehead atoms.